The van der Waals surface area contributed by atoms with Crippen LogP contribution in [0.25, 0.3) is 0 Å². The van der Waals surface area contributed by atoms with Crippen molar-refractivity contribution in [2.45, 2.75) is 33.2 Å². The molecule has 0 aromatic rings. The summed E-state index contributed by atoms with van der Waals surface area (Å²) in [5.74, 6) is -0.418. The zero-order valence-electron chi connectivity index (χ0n) is 10.2. The van der Waals surface area contributed by atoms with Crippen LogP contribution in [0.2, 0.25) is 0 Å². The molecule has 0 aliphatic heterocycles. The summed E-state index contributed by atoms with van der Waals surface area (Å²) in [5, 5.41) is 0. The molecule has 0 saturated heterocycles. The number of rotatable bonds is 7. The number of methoxy groups -OCH3 is 1. The molecule has 0 spiro atoms. The Bertz CT molecular complexity index is 313. The van der Waals surface area contributed by atoms with Gasteiger partial charge in [-0.25, -0.2) is 0 Å². The lowest BCUT2D eigenvalue weighted by Crippen LogP contribution is -2.44. The summed E-state index contributed by atoms with van der Waals surface area (Å²) in [5.41, 5.74) is 0. The lowest BCUT2D eigenvalue weighted by Gasteiger charge is -2.21. The highest BCUT2D eigenvalue weighted by Gasteiger charge is 2.21. The van der Waals surface area contributed by atoms with Crippen LogP contribution in [0.1, 0.15) is 27.2 Å². The minimum absolute atomic E-state index is 0.0589. The maximum absolute atomic E-state index is 11.7. The fourth-order valence-corrected chi connectivity index (χ4v) is 2.56. The third kappa shape index (κ3) is 5.43. The topological polar surface area (TPSA) is 75.7 Å². The van der Waals surface area contributed by atoms with Crippen molar-refractivity contribution in [2.24, 2.45) is 0 Å². The Morgan fingerprint density at radius 1 is 1.44 bits per heavy atom. The lowest BCUT2D eigenvalue weighted by atomic mass is 10.4. The van der Waals surface area contributed by atoms with Crippen molar-refractivity contribution in [2.75, 3.05) is 20.2 Å². The number of esters is 1. The van der Waals surface area contributed by atoms with Gasteiger partial charge < -0.3 is 4.74 Å². The molecule has 0 fully saturated rings. The first-order valence-electron chi connectivity index (χ1n) is 5.17. The van der Waals surface area contributed by atoms with E-state index in [1.54, 1.807) is 20.8 Å². The number of carbonyl (C=O) groups is 1. The van der Waals surface area contributed by atoms with E-state index in [-0.39, 0.29) is 19.0 Å². The molecule has 7 heteroatoms. The molecule has 0 amide bonds. The van der Waals surface area contributed by atoms with Crippen LogP contribution in [0.4, 0.5) is 0 Å². The van der Waals surface area contributed by atoms with E-state index in [0.717, 1.165) is 0 Å². The van der Waals surface area contributed by atoms with E-state index in [0.29, 0.717) is 6.54 Å². The van der Waals surface area contributed by atoms with E-state index in [2.05, 4.69) is 9.46 Å². The van der Waals surface area contributed by atoms with Gasteiger partial charge in [-0.2, -0.15) is 17.4 Å². The van der Waals surface area contributed by atoms with E-state index in [1.165, 1.54) is 11.4 Å². The van der Waals surface area contributed by atoms with Crippen molar-refractivity contribution in [1.82, 2.24) is 9.03 Å². The van der Waals surface area contributed by atoms with Crippen LogP contribution >= 0.6 is 0 Å². The highest BCUT2D eigenvalue weighted by molar-refractivity contribution is 7.87. The van der Waals surface area contributed by atoms with Crippen LogP contribution < -0.4 is 4.72 Å². The van der Waals surface area contributed by atoms with E-state index in [9.17, 15) is 13.2 Å². The van der Waals surface area contributed by atoms with Gasteiger partial charge in [-0.05, 0) is 13.8 Å². The molecular formula is C9H20N2O4S. The van der Waals surface area contributed by atoms with Gasteiger partial charge >= 0.3 is 5.97 Å². The highest BCUT2D eigenvalue weighted by Crippen LogP contribution is 2.01. The predicted octanol–water partition coefficient (Wildman–Crippen LogP) is 0.114. The van der Waals surface area contributed by atoms with Gasteiger partial charge in [-0.15, -0.1) is 0 Å². The Labute approximate surface area is 97.1 Å². The summed E-state index contributed by atoms with van der Waals surface area (Å²) in [7, 11) is -2.22. The standard InChI is InChI=1S/C9H20N2O4S/c1-5-11(7-6-9(12)15-4)16(13,14)10-8(2)3/h8,10H,5-7H2,1-4H3. The lowest BCUT2D eigenvalue weighted by molar-refractivity contribution is -0.140. The van der Waals surface area contributed by atoms with Crippen molar-refractivity contribution in [3.63, 3.8) is 0 Å². The number of ether oxygens (including phenoxy) is 1. The minimum Gasteiger partial charge on any atom is -0.469 e. The van der Waals surface area contributed by atoms with Gasteiger partial charge in [-0.1, -0.05) is 6.92 Å². The summed E-state index contributed by atoms with van der Waals surface area (Å²) >= 11 is 0. The van der Waals surface area contributed by atoms with Gasteiger partial charge in [0.15, 0.2) is 0 Å². The second-order valence-electron chi connectivity index (χ2n) is 3.60. The Morgan fingerprint density at radius 2 is 2.00 bits per heavy atom. The molecule has 0 atom stereocenters. The van der Waals surface area contributed by atoms with Gasteiger partial charge in [-0.3, -0.25) is 4.79 Å². The molecular weight excluding hydrogens is 232 g/mol. The first-order chi connectivity index (χ1) is 7.33. The molecule has 0 radical (unpaired) electrons. The van der Waals surface area contributed by atoms with E-state index in [1.807, 2.05) is 0 Å². The summed E-state index contributed by atoms with van der Waals surface area (Å²) in [6, 6.07) is -0.169. The van der Waals surface area contributed by atoms with Gasteiger partial charge in [0.05, 0.1) is 13.5 Å². The Morgan fingerprint density at radius 3 is 2.38 bits per heavy atom. The number of hydrogen-bond acceptors (Lipinski definition) is 4. The zero-order chi connectivity index (χ0) is 12.8. The smallest absolute Gasteiger partial charge is 0.306 e. The first-order valence-corrected chi connectivity index (χ1v) is 6.61. The molecule has 0 rings (SSSR count). The molecule has 6 nitrogen and oxygen atoms in total. The third-order valence-corrected chi connectivity index (χ3v) is 3.76. The van der Waals surface area contributed by atoms with Gasteiger partial charge in [0.25, 0.3) is 10.2 Å². The van der Waals surface area contributed by atoms with Gasteiger partial charge in [0, 0.05) is 19.1 Å². The second-order valence-corrected chi connectivity index (χ2v) is 5.30. The summed E-state index contributed by atoms with van der Waals surface area (Å²) in [6.45, 7) is 5.65. The first kappa shape index (κ1) is 15.3. The van der Waals surface area contributed by atoms with E-state index < -0.39 is 16.2 Å². The number of nitrogens with one attached hydrogen (secondary N) is 1. The van der Waals surface area contributed by atoms with Crippen molar-refractivity contribution in [1.29, 1.82) is 0 Å². The van der Waals surface area contributed by atoms with Gasteiger partial charge in [0.1, 0.15) is 0 Å². The maximum Gasteiger partial charge on any atom is 0.306 e. The average molecular weight is 252 g/mol. The highest BCUT2D eigenvalue weighted by atomic mass is 32.2. The minimum atomic E-state index is -3.50. The normalized spacial score (nSPS) is 12.1. The fraction of sp³-hybridized carbons (Fsp3) is 0.889. The SMILES string of the molecule is CCN(CCC(=O)OC)S(=O)(=O)NC(C)C. The number of nitrogens with zero attached hydrogens (tertiary/aromatic N) is 1. The third-order valence-electron chi connectivity index (χ3n) is 1.87. The predicted molar refractivity (Wildman–Crippen MR) is 61.1 cm³/mol. The molecule has 0 unspecified atom stereocenters. The average Bonchev–Trinajstić information content (AvgIpc) is 2.15. The van der Waals surface area contributed by atoms with Crippen LogP contribution in [0, 0.1) is 0 Å². The molecule has 16 heavy (non-hydrogen) atoms. The molecule has 0 aromatic carbocycles. The molecule has 0 heterocycles. The van der Waals surface area contributed by atoms with E-state index in [4.69, 9.17) is 0 Å². The van der Waals surface area contributed by atoms with Gasteiger partial charge in [0.2, 0.25) is 0 Å². The van der Waals surface area contributed by atoms with Crippen molar-refractivity contribution in [3.8, 4) is 0 Å². The van der Waals surface area contributed by atoms with Crippen molar-refractivity contribution in [3.05, 3.63) is 0 Å². The molecule has 1 N–H and O–H groups in total. The van der Waals surface area contributed by atoms with Crippen LogP contribution in [-0.2, 0) is 19.7 Å². The van der Waals surface area contributed by atoms with Crippen LogP contribution in [0.5, 0.6) is 0 Å². The summed E-state index contributed by atoms with van der Waals surface area (Å²) < 4.78 is 31.6. The summed E-state index contributed by atoms with van der Waals surface area (Å²) in [6.07, 6.45) is 0.0589. The number of carbonyl (C=O) groups excluding carboxylic acids is 1. The Kier molecular flexibility index (Phi) is 6.54. The Balaban J connectivity index is 4.43. The monoisotopic (exact) mass is 252 g/mol. The van der Waals surface area contributed by atoms with Crippen molar-refractivity contribution >= 4 is 16.2 Å². The summed E-state index contributed by atoms with van der Waals surface area (Å²) in [4.78, 5) is 10.9. The maximum atomic E-state index is 11.7. The van der Waals surface area contributed by atoms with E-state index >= 15 is 0 Å². The van der Waals surface area contributed by atoms with Crippen LogP contribution in [0.15, 0.2) is 0 Å². The quantitative estimate of drug-likeness (QED) is 0.653. The van der Waals surface area contributed by atoms with Crippen LogP contribution in [-0.4, -0.2) is 44.9 Å². The molecule has 0 saturated carbocycles. The molecule has 0 aliphatic rings. The fourth-order valence-electron chi connectivity index (χ4n) is 1.14. The van der Waals surface area contributed by atoms with Crippen molar-refractivity contribution < 1.29 is 17.9 Å². The molecule has 0 bridgehead atoms. The second kappa shape index (κ2) is 6.82. The molecule has 0 aliphatic carbocycles. The largest absolute Gasteiger partial charge is 0.469 e. The van der Waals surface area contributed by atoms with Crippen LogP contribution in [0.3, 0.4) is 0 Å². The Hall–Kier alpha value is -0.660. The zero-order valence-corrected chi connectivity index (χ0v) is 11.0. The molecule has 0 aromatic heterocycles. The number of hydrogen-bond donors (Lipinski definition) is 1. The molecule has 96 valence electrons.